The smallest absolute Gasteiger partial charge is 0.310 e. The number of aldehydes is 1. The van der Waals surface area contributed by atoms with Crippen LogP contribution in [0.15, 0.2) is 18.2 Å². The molecule has 3 nitrogen and oxygen atoms in total. The first kappa shape index (κ1) is 13.4. The first-order valence-electron chi connectivity index (χ1n) is 5.85. The van der Waals surface area contributed by atoms with E-state index in [1.54, 1.807) is 6.92 Å². The van der Waals surface area contributed by atoms with Crippen LogP contribution in [0, 0.1) is 6.92 Å². The number of hydrogen-bond acceptors (Lipinski definition) is 3. The molecule has 1 aromatic carbocycles. The van der Waals surface area contributed by atoms with E-state index in [9.17, 15) is 9.59 Å². The molecule has 0 saturated carbocycles. The van der Waals surface area contributed by atoms with Gasteiger partial charge in [-0.05, 0) is 37.0 Å². The van der Waals surface area contributed by atoms with E-state index >= 15 is 0 Å². The molecule has 0 radical (unpaired) electrons. The van der Waals surface area contributed by atoms with Crippen LogP contribution >= 0.6 is 0 Å². The molecule has 0 aromatic heterocycles. The van der Waals surface area contributed by atoms with E-state index in [2.05, 4.69) is 0 Å². The van der Waals surface area contributed by atoms with E-state index in [1.165, 1.54) is 0 Å². The first-order valence-corrected chi connectivity index (χ1v) is 5.85. The first-order chi connectivity index (χ1) is 8.19. The topological polar surface area (TPSA) is 43.4 Å². The van der Waals surface area contributed by atoms with E-state index in [0.717, 1.165) is 29.4 Å². The second-order valence-electron chi connectivity index (χ2n) is 3.89. The van der Waals surface area contributed by atoms with Gasteiger partial charge in [-0.1, -0.05) is 18.2 Å². The number of carbonyl (C=O) groups excluding carboxylic acids is 2. The van der Waals surface area contributed by atoms with Gasteiger partial charge in [0.2, 0.25) is 0 Å². The van der Waals surface area contributed by atoms with Crippen LogP contribution in [0.5, 0.6) is 0 Å². The summed E-state index contributed by atoms with van der Waals surface area (Å²) in [5, 5.41) is 0. The van der Waals surface area contributed by atoms with Crippen LogP contribution in [-0.2, 0) is 27.2 Å². The summed E-state index contributed by atoms with van der Waals surface area (Å²) in [4.78, 5) is 21.8. The molecule has 0 unspecified atom stereocenters. The van der Waals surface area contributed by atoms with Crippen molar-refractivity contribution in [2.75, 3.05) is 6.61 Å². The molecule has 92 valence electrons. The van der Waals surface area contributed by atoms with Gasteiger partial charge in [-0.25, -0.2) is 0 Å². The van der Waals surface area contributed by atoms with Gasteiger partial charge in [0.1, 0.15) is 6.29 Å². The summed E-state index contributed by atoms with van der Waals surface area (Å²) >= 11 is 0. The third-order valence-electron chi connectivity index (χ3n) is 2.73. The Balaban J connectivity index is 2.78. The van der Waals surface area contributed by atoms with Crippen molar-refractivity contribution >= 4 is 12.3 Å². The minimum Gasteiger partial charge on any atom is -0.466 e. The Kier molecular flexibility index (Phi) is 5.40. The average molecular weight is 234 g/mol. The molecule has 0 atom stereocenters. The normalized spacial score (nSPS) is 10.0. The maximum atomic E-state index is 11.4. The van der Waals surface area contributed by atoms with Crippen LogP contribution in [0.1, 0.15) is 30.0 Å². The lowest BCUT2D eigenvalue weighted by Crippen LogP contribution is -2.09. The molecule has 0 fully saturated rings. The van der Waals surface area contributed by atoms with Crippen molar-refractivity contribution in [1.29, 1.82) is 0 Å². The lowest BCUT2D eigenvalue weighted by molar-refractivity contribution is -0.142. The molecule has 1 aromatic rings. The molecule has 17 heavy (non-hydrogen) atoms. The van der Waals surface area contributed by atoms with Gasteiger partial charge in [-0.2, -0.15) is 0 Å². The van der Waals surface area contributed by atoms with Gasteiger partial charge in [-0.3, -0.25) is 4.79 Å². The van der Waals surface area contributed by atoms with E-state index in [1.807, 2.05) is 25.1 Å². The van der Waals surface area contributed by atoms with Crippen LogP contribution in [0.3, 0.4) is 0 Å². The van der Waals surface area contributed by atoms with E-state index in [4.69, 9.17) is 4.74 Å². The highest BCUT2D eigenvalue weighted by Gasteiger charge is 2.08. The Morgan fingerprint density at radius 3 is 2.71 bits per heavy atom. The summed E-state index contributed by atoms with van der Waals surface area (Å²) in [5.41, 5.74) is 3.19. The molecule has 0 aliphatic heterocycles. The van der Waals surface area contributed by atoms with Gasteiger partial charge in [0.05, 0.1) is 13.0 Å². The van der Waals surface area contributed by atoms with E-state index in [-0.39, 0.29) is 5.97 Å². The number of aryl methyl sites for hydroxylation is 1. The summed E-state index contributed by atoms with van der Waals surface area (Å²) in [6.07, 6.45) is 2.46. The second kappa shape index (κ2) is 6.84. The molecule has 0 spiro atoms. The Bertz CT molecular complexity index is 396. The zero-order valence-corrected chi connectivity index (χ0v) is 10.4. The number of rotatable bonds is 6. The average Bonchev–Trinajstić information content (AvgIpc) is 2.30. The second-order valence-corrected chi connectivity index (χ2v) is 3.89. The molecule has 0 bridgehead atoms. The van der Waals surface area contributed by atoms with Crippen LogP contribution < -0.4 is 0 Å². The summed E-state index contributed by atoms with van der Waals surface area (Å²) in [5.74, 6) is -0.205. The highest BCUT2D eigenvalue weighted by Crippen LogP contribution is 2.16. The fraction of sp³-hybridized carbons (Fsp3) is 0.429. The van der Waals surface area contributed by atoms with Gasteiger partial charge in [-0.15, -0.1) is 0 Å². The maximum Gasteiger partial charge on any atom is 0.310 e. The SMILES string of the molecule is CCOC(=O)Cc1cccc(CCC=O)c1C. The number of hydrogen-bond donors (Lipinski definition) is 0. The molecule has 0 aliphatic rings. The summed E-state index contributed by atoms with van der Waals surface area (Å²) in [7, 11) is 0. The lowest BCUT2D eigenvalue weighted by atomic mass is 9.97. The monoisotopic (exact) mass is 234 g/mol. The Hall–Kier alpha value is -1.64. The fourth-order valence-corrected chi connectivity index (χ4v) is 1.78. The Labute approximate surface area is 102 Å². The standard InChI is InChI=1S/C14H18O3/c1-3-17-14(16)10-13-7-4-6-12(11(13)2)8-5-9-15/h4,6-7,9H,3,5,8,10H2,1-2H3. The number of carbonyl (C=O) groups is 2. The minimum absolute atomic E-state index is 0.205. The Morgan fingerprint density at radius 1 is 1.35 bits per heavy atom. The predicted molar refractivity (Wildman–Crippen MR) is 65.9 cm³/mol. The highest BCUT2D eigenvalue weighted by atomic mass is 16.5. The van der Waals surface area contributed by atoms with Crippen LogP contribution in [0.2, 0.25) is 0 Å². The van der Waals surface area contributed by atoms with Crippen molar-refractivity contribution in [1.82, 2.24) is 0 Å². The van der Waals surface area contributed by atoms with Crippen molar-refractivity contribution < 1.29 is 14.3 Å². The molecule has 0 saturated heterocycles. The molecule has 0 amide bonds. The van der Waals surface area contributed by atoms with Gasteiger partial charge >= 0.3 is 5.97 Å². The third-order valence-corrected chi connectivity index (χ3v) is 2.73. The molecule has 0 heterocycles. The van der Waals surface area contributed by atoms with Crippen molar-refractivity contribution in [3.8, 4) is 0 Å². The highest BCUT2D eigenvalue weighted by molar-refractivity contribution is 5.73. The minimum atomic E-state index is -0.205. The molecule has 1 rings (SSSR count). The van der Waals surface area contributed by atoms with Crippen molar-refractivity contribution in [2.24, 2.45) is 0 Å². The predicted octanol–water partition coefficient (Wildman–Crippen LogP) is 2.23. The third kappa shape index (κ3) is 4.02. The van der Waals surface area contributed by atoms with Crippen LogP contribution in [0.4, 0.5) is 0 Å². The van der Waals surface area contributed by atoms with Crippen LogP contribution in [-0.4, -0.2) is 18.9 Å². The van der Waals surface area contributed by atoms with Crippen LogP contribution in [0.25, 0.3) is 0 Å². The summed E-state index contributed by atoms with van der Waals surface area (Å²) in [6.45, 7) is 4.18. The van der Waals surface area contributed by atoms with Crippen molar-refractivity contribution in [2.45, 2.75) is 33.1 Å². The zero-order valence-electron chi connectivity index (χ0n) is 10.4. The number of benzene rings is 1. The maximum absolute atomic E-state index is 11.4. The van der Waals surface area contributed by atoms with Gasteiger partial charge in [0.15, 0.2) is 0 Å². The van der Waals surface area contributed by atoms with Gasteiger partial charge in [0, 0.05) is 6.42 Å². The molecule has 3 heteroatoms. The lowest BCUT2D eigenvalue weighted by Gasteiger charge is -2.10. The van der Waals surface area contributed by atoms with E-state index < -0.39 is 0 Å². The summed E-state index contributed by atoms with van der Waals surface area (Å²) in [6, 6.07) is 5.84. The number of ether oxygens (including phenoxy) is 1. The van der Waals surface area contributed by atoms with E-state index in [0.29, 0.717) is 19.4 Å². The zero-order chi connectivity index (χ0) is 12.7. The van der Waals surface area contributed by atoms with Crippen molar-refractivity contribution in [3.63, 3.8) is 0 Å². The largest absolute Gasteiger partial charge is 0.466 e. The van der Waals surface area contributed by atoms with Crippen molar-refractivity contribution in [3.05, 3.63) is 34.9 Å². The molecule has 0 N–H and O–H groups in total. The fourth-order valence-electron chi connectivity index (χ4n) is 1.78. The molecular weight excluding hydrogens is 216 g/mol. The number of esters is 1. The van der Waals surface area contributed by atoms with Gasteiger partial charge < -0.3 is 9.53 Å². The quantitative estimate of drug-likeness (QED) is 0.560. The molecular formula is C14H18O3. The summed E-state index contributed by atoms with van der Waals surface area (Å²) < 4.78 is 4.93. The molecule has 0 aliphatic carbocycles. The van der Waals surface area contributed by atoms with Gasteiger partial charge in [0.25, 0.3) is 0 Å². The Morgan fingerprint density at radius 2 is 2.06 bits per heavy atom.